The fourth-order valence-corrected chi connectivity index (χ4v) is 1.14. The molecule has 1 rings (SSSR count). The number of nitrogen functional groups attached to an aromatic ring is 1. The summed E-state index contributed by atoms with van der Waals surface area (Å²) in [5.41, 5.74) is 8.90. The maximum atomic E-state index is 5.69. The predicted molar refractivity (Wildman–Crippen MR) is 58.9 cm³/mol. The van der Waals surface area contributed by atoms with Crippen LogP contribution in [0.3, 0.4) is 0 Å². The molecule has 0 amide bonds. The molecule has 0 saturated carbocycles. The van der Waals surface area contributed by atoms with E-state index in [4.69, 9.17) is 5.73 Å². The fraction of sp³-hybridized carbons (Fsp3) is 0.455. The number of nitrogens with one attached hydrogen (secondary N) is 1. The molecule has 0 spiro atoms. The average Bonchev–Trinajstić information content (AvgIpc) is 2.06. The van der Waals surface area contributed by atoms with Crippen LogP contribution in [0.15, 0.2) is 18.2 Å². The Morgan fingerprint density at radius 3 is 2.69 bits per heavy atom. The first-order chi connectivity index (χ1) is 6.09. The van der Waals surface area contributed by atoms with Crippen LogP contribution in [0.25, 0.3) is 0 Å². The van der Waals surface area contributed by atoms with Crippen LogP contribution in [0.4, 0.5) is 11.4 Å². The van der Waals surface area contributed by atoms with E-state index in [-0.39, 0.29) is 0 Å². The van der Waals surface area contributed by atoms with Crippen LogP contribution in [0, 0.1) is 12.8 Å². The van der Waals surface area contributed by atoms with Crippen molar-refractivity contribution in [3.05, 3.63) is 23.8 Å². The maximum absolute atomic E-state index is 5.69. The van der Waals surface area contributed by atoms with Crippen molar-refractivity contribution in [1.29, 1.82) is 0 Å². The number of aryl methyl sites for hydroxylation is 1. The number of hydrogen-bond acceptors (Lipinski definition) is 2. The standard InChI is InChI=1S/C11H18N2/c1-8(2)7-13-11-6-10(12)5-4-9(11)3/h4-6,8,13H,7,12H2,1-3H3. The molecule has 0 aliphatic heterocycles. The lowest BCUT2D eigenvalue weighted by atomic mass is 10.1. The molecule has 13 heavy (non-hydrogen) atoms. The third-order valence-corrected chi connectivity index (χ3v) is 1.96. The van der Waals surface area contributed by atoms with E-state index in [1.807, 2.05) is 18.2 Å². The van der Waals surface area contributed by atoms with E-state index in [0.717, 1.165) is 17.9 Å². The molecule has 0 aromatic heterocycles. The molecule has 0 bridgehead atoms. The minimum Gasteiger partial charge on any atom is -0.399 e. The minimum atomic E-state index is 0.654. The van der Waals surface area contributed by atoms with E-state index < -0.39 is 0 Å². The Morgan fingerprint density at radius 1 is 1.38 bits per heavy atom. The molecule has 3 N–H and O–H groups in total. The molecule has 1 aromatic carbocycles. The summed E-state index contributed by atoms with van der Waals surface area (Å²) in [5.74, 6) is 0.654. The van der Waals surface area contributed by atoms with Gasteiger partial charge in [-0.05, 0) is 30.5 Å². The van der Waals surface area contributed by atoms with Crippen LogP contribution in [0.5, 0.6) is 0 Å². The second kappa shape index (κ2) is 4.17. The molecule has 0 fully saturated rings. The third kappa shape index (κ3) is 2.98. The SMILES string of the molecule is Cc1ccc(N)cc1NCC(C)C. The largest absolute Gasteiger partial charge is 0.399 e. The molecule has 72 valence electrons. The summed E-state index contributed by atoms with van der Waals surface area (Å²) in [6.07, 6.45) is 0. The zero-order chi connectivity index (χ0) is 9.84. The Hall–Kier alpha value is -1.18. The zero-order valence-electron chi connectivity index (χ0n) is 8.59. The predicted octanol–water partition coefficient (Wildman–Crippen LogP) is 2.65. The first kappa shape index (κ1) is 9.90. The second-order valence-electron chi connectivity index (χ2n) is 3.85. The molecule has 2 heteroatoms. The van der Waals surface area contributed by atoms with Gasteiger partial charge in [0.15, 0.2) is 0 Å². The van der Waals surface area contributed by atoms with Crippen molar-refractivity contribution >= 4 is 11.4 Å². The van der Waals surface area contributed by atoms with E-state index >= 15 is 0 Å². The lowest BCUT2D eigenvalue weighted by Gasteiger charge is -2.11. The zero-order valence-corrected chi connectivity index (χ0v) is 8.59. The monoisotopic (exact) mass is 178 g/mol. The molecule has 0 heterocycles. The van der Waals surface area contributed by atoms with Gasteiger partial charge in [0, 0.05) is 17.9 Å². The summed E-state index contributed by atoms with van der Waals surface area (Å²) in [6.45, 7) is 7.45. The highest BCUT2D eigenvalue weighted by molar-refractivity contribution is 5.59. The van der Waals surface area contributed by atoms with E-state index in [1.165, 1.54) is 5.56 Å². The molecule has 1 aromatic rings. The highest BCUT2D eigenvalue weighted by Crippen LogP contribution is 2.18. The second-order valence-corrected chi connectivity index (χ2v) is 3.85. The van der Waals surface area contributed by atoms with Gasteiger partial charge in [-0.15, -0.1) is 0 Å². The van der Waals surface area contributed by atoms with Gasteiger partial charge in [-0.1, -0.05) is 19.9 Å². The molecule has 0 aliphatic carbocycles. The first-order valence-corrected chi connectivity index (χ1v) is 4.69. The van der Waals surface area contributed by atoms with Gasteiger partial charge in [-0.2, -0.15) is 0 Å². The van der Waals surface area contributed by atoms with Crippen molar-refractivity contribution in [2.75, 3.05) is 17.6 Å². The Kier molecular flexibility index (Phi) is 3.18. The van der Waals surface area contributed by atoms with Crippen molar-refractivity contribution in [3.8, 4) is 0 Å². The van der Waals surface area contributed by atoms with Crippen molar-refractivity contribution in [1.82, 2.24) is 0 Å². The van der Waals surface area contributed by atoms with Gasteiger partial charge >= 0.3 is 0 Å². The van der Waals surface area contributed by atoms with Gasteiger partial charge < -0.3 is 11.1 Å². The number of hydrogen-bond donors (Lipinski definition) is 2. The van der Waals surface area contributed by atoms with Crippen molar-refractivity contribution in [2.45, 2.75) is 20.8 Å². The summed E-state index contributed by atoms with van der Waals surface area (Å²) in [4.78, 5) is 0. The van der Waals surface area contributed by atoms with Gasteiger partial charge in [0.25, 0.3) is 0 Å². The van der Waals surface area contributed by atoms with Gasteiger partial charge in [0.05, 0.1) is 0 Å². The fourth-order valence-electron chi connectivity index (χ4n) is 1.14. The topological polar surface area (TPSA) is 38.0 Å². The Labute approximate surface area is 80.1 Å². The van der Waals surface area contributed by atoms with Crippen LogP contribution in [0.2, 0.25) is 0 Å². The highest BCUT2D eigenvalue weighted by atomic mass is 14.9. The van der Waals surface area contributed by atoms with E-state index in [2.05, 4.69) is 26.1 Å². The van der Waals surface area contributed by atoms with Gasteiger partial charge in [-0.25, -0.2) is 0 Å². The van der Waals surface area contributed by atoms with Crippen LogP contribution < -0.4 is 11.1 Å². The average molecular weight is 178 g/mol. The molecule has 0 saturated heterocycles. The molecular weight excluding hydrogens is 160 g/mol. The quantitative estimate of drug-likeness (QED) is 0.698. The van der Waals surface area contributed by atoms with E-state index in [9.17, 15) is 0 Å². The summed E-state index contributed by atoms with van der Waals surface area (Å²) >= 11 is 0. The number of benzene rings is 1. The molecule has 0 atom stereocenters. The van der Waals surface area contributed by atoms with E-state index in [0.29, 0.717) is 5.92 Å². The lowest BCUT2D eigenvalue weighted by Crippen LogP contribution is -2.09. The Morgan fingerprint density at radius 2 is 2.08 bits per heavy atom. The van der Waals surface area contributed by atoms with Gasteiger partial charge in [0.2, 0.25) is 0 Å². The minimum absolute atomic E-state index is 0.654. The molecular formula is C11H18N2. The molecule has 0 unspecified atom stereocenters. The lowest BCUT2D eigenvalue weighted by molar-refractivity contribution is 0.688. The van der Waals surface area contributed by atoms with Crippen molar-refractivity contribution < 1.29 is 0 Å². The van der Waals surface area contributed by atoms with Crippen LogP contribution in [-0.4, -0.2) is 6.54 Å². The van der Waals surface area contributed by atoms with Crippen molar-refractivity contribution in [2.24, 2.45) is 5.92 Å². The number of nitrogens with two attached hydrogens (primary N) is 1. The van der Waals surface area contributed by atoms with Gasteiger partial charge in [-0.3, -0.25) is 0 Å². The van der Waals surface area contributed by atoms with E-state index in [1.54, 1.807) is 0 Å². The summed E-state index contributed by atoms with van der Waals surface area (Å²) < 4.78 is 0. The first-order valence-electron chi connectivity index (χ1n) is 4.69. The third-order valence-electron chi connectivity index (χ3n) is 1.96. The van der Waals surface area contributed by atoms with Crippen LogP contribution in [0.1, 0.15) is 19.4 Å². The Bertz CT molecular complexity index is 279. The molecule has 0 aliphatic rings. The number of rotatable bonds is 3. The van der Waals surface area contributed by atoms with Crippen molar-refractivity contribution in [3.63, 3.8) is 0 Å². The molecule has 2 nitrogen and oxygen atoms in total. The number of anilines is 2. The van der Waals surface area contributed by atoms with Gasteiger partial charge in [0.1, 0.15) is 0 Å². The Balaban J connectivity index is 2.70. The highest BCUT2D eigenvalue weighted by Gasteiger charge is 1.99. The summed E-state index contributed by atoms with van der Waals surface area (Å²) in [6, 6.07) is 5.95. The maximum Gasteiger partial charge on any atom is 0.0390 e. The molecule has 0 radical (unpaired) electrons. The summed E-state index contributed by atoms with van der Waals surface area (Å²) in [7, 11) is 0. The summed E-state index contributed by atoms with van der Waals surface area (Å²) in [5, 5.41) is 3.37. The van der Waals surface area contributed by atoms with Crippen LogP contribution >= 0.6 is 0 Å². The van der Waals surface area contributed by atoms with Crippen LogP contribution in [-0.2, 0) is 0 Å². The normalized spacial score (nSPS) is 10.5. The smallest absolute Gasteiger partial charge is 0.0390 e.